The molecule has 1 saturated heterocycles. The van der Waals surface area contributed by atoms with E-state index in [4.69, 9.17) is 0 Å². The fourth-order valence-electron chi connectivity index (χ4n) is 5.56. The predicted molar refractivity (Wildman–Crippen MR) is 145 cm³/mol. The molecule has 7 nitrogen and oxygen atoms in total. The van der Waals surface area contributed by atoms with Gasteiger partial charge in [0, 0.05) is 17.4 Å². The van der Waals surface area contributed by atoms with Crippen LogP contribution in [0.2, 0.25) is 0 Å². The normalized spacial score (nSPS) is 18.0. The number of pyridine rings is 1. The van der Waals surface area contributed by atoms with Crippen molar-refractivity contribution >= 4 is 23.0 Å². The van der Waals surface area contributed by atoms with E-state index in [1.165, 1.54) is 43.3 Å². The Morgan fingerprint density at radius 1 is 0.795 bits per heavy atom. The smallest absolute Gasteiger partial charge is 0.354 e. The molecular formula is C29H30F3N7. The van der Waals surface area contributed by atoms with Gasteiger partial charge in [-0.3, -0.25) is 4.98 Å². The van der Waals surface area contributed by atoms with Crippen molar-refractivity contribution in [2.45, 2.75) is 50.7 Å². The van der Waals surface area contributed by atoms with E-state index < -0.39 is 12.0 Å². The first-order valence-electron chi connectivity index (χ1n) is 13.4. The molecule has 0 spiro atoms. The molecular weight excluding hydrogens is 503 g/mol. The van der Waals surface area contributed by atoms with Gasteiger partial charge in [0.25, 0.3) is 5.82 Å². The van der Waals surface area contributed by atoms with Crippen molar-refractivity contribution in [1.29, 1.82) is 0 Å². The van der Waals surface area contributed by atoms with Crippen LogP contribution in [0.25, 0.3) is 5.69 Å². The SMILES string of the molecule is FC(F)(F)c1nc(Nc2ccc3c(c2)CCC(N2CCCC2)CC3)n(-c2cncc(Nc3ccccc3)c2)n1. The van der Waals surface area contributed by atoms with E-state index >= 15 is 0 Å². The van der Waals surface area contributed by atoms with Gasteiger partial charge in [-0.25, -0.2) is 0 Å². The average molecular weight is 534 g/mol. The van der Waals surface area contributed by atoms with Crippen molar-refractivity contribution in [2.24, 2.45) is 0 Å². The molecule has 1 fully saturated rings. The van der Waals surface area contributed by atoms with E-state index in [9.17, 15) is 13.2 Å². The van der Waals surface area contributed by atoms with Gasteiger partial charge >= 0.3 is 6.18 Å². The number of rotatable bonds is 6. The zero-order valence-electron chi connectivity index (χ0n) is 21.5. The van der Waals surface area contributed by atoms with Crippen LogP contribution >= 0.6 is 0 Å². The molecule has 1 atom stereocenters. The van der Waals surface area contributed by atoms with Gasteiger partial charge in [0.05, 0.1) is 23.8 Å². The molecule has 6 rings (SSSR count). The summed E-state index contributed by atoms with van der Waals surface area (Å²) in [5.41, 5.74) is 5.03. The maximum absolute atomic E-state index is 13.6. The van der Waals surface area contributed by atoms with Crippen LogP contribution in [0, 0.1) is 0 Å². The van der Waals surface area contributed by atoms with Gasteiger partial charge in [0.1, 0.15) is 0 Å². The quantitative estimate of drug-likeness (QED) is 0.275. The molecule has 1 aliphatic carbocycles. The summed E-state index contributed by atoms with van der Waals surface area (Å²) in [6, 6.07) is 17.8. The summed E-state index contributed by atoms with van der Waals surface area (Å²) in [6.45, 7) is 2.36. The third kappa shape index (κ3) is 5.75. The van der Waals surface area contributed by atoms with Crippen molar-refractivity contribution in [3.05, 3.63) is 83.9 Å². The number of halogens is 3. The number of aromatic nitrogens is 4. The van der Waals surface area contributed by atoms with Crippen LogP contribution in [0.5, 0.6) is 0 Å². The molecule has 39 heavy (non-hydrogen) atoms. The van der Waals surface area contributed by atoms with Crippen molar-refractivity contribution in [3.63, 3.8) is 0 Å². The number of hydrogen-bond acceptors (Lipinski definition) is 6. The molecule has 10 heteroatoms. The second-order valence-electron chi connectivity index (χ2n) is 10.2. The van der Waals surface area contributed by atoms with Crippen LogP contribution < -0.4 is 10.6 Å². The fraction of sp³-hybridized carbons (Fsp3) is 0.345. The summed E-state index contributed by atoms with van der Waals surface area (Å²) in [7, 11) is 0. The molecule has 4 aromatic rings. The van der Waals surface area contributed by atoms with Crippen molar-refractivity contribution in [2.75, 3.05) is 23.7 Å². The van der Waals surface area contributed by atoms with E-state index in [1.807, 2.05) is 42.5 Å². The highest BCUT2D eigenvalue weighted by Crippen LogP contribution is 2.32. The molecule has 202 valence electrons. The molecule has 1 unspecified atom stereocenters. The summed E-state index contributed by atoms with van der Waals surface area (Å²) in [6.07, 6.45) is 5.13. The minimum Gasteiger partial charge on any atom is -0.354 e. The van der Waals surface area contributed by atoms with E-state index in [0.717, 1.165) is 36.1 Å². The number of likely N-dealkylation sites (tertiary alicyclic amines) is 1. The summed E-state index contributed by atoms with van der Waals surface area (Å²) >= 11 is 0. The van der Waals surface area contributed by atoms with Gasteiger partial charge in [-0.15, -0.1) is 5.10 Å². The lowest BCUT2D eigenvalue weighted by Gasteiger charge is -2.25. The highest BCUT2D eigenvalue weighted by Gasteiger charge is 2.37. The van der Waals surface area contributed by atoms with Gasteiger partial charge in [-0.1, -0.05) is 24.3 Å². The van der Waals surface area contributed by atoms with E-state index in [-0.39, 0.29) is 5.95 Å². The number of benzene rings is 2. The van der Waals surface area contributed by atoms with Crippen molar-refractivity contribution < 1.29 is 13.2 Å². The molecule has 2 aliphatic rings. The highest BCUT2D eigenvalue weighted by molar-refractivity contribution is 5.62. The van der Waals surface area contributed by atoms with Crippen molar-refractivity contribution in [3.8, 4) is 5.69 Å². The monoisotopic (exact) mass is 533 g/mol. The number of nitrogens with zero attached hydrogens (tertiary/aromatic N) is 5. The number of nitrogens with one attached hydrogen (secondary N) is 2. The third-order valence-electron chi connectivity index (χ3n) is 7.50. The summed E-state index contributed by atoms with van der Waals surface area (Å²) in [5.74, 6) is -1.24. The first-order valence-corrected chi connectivity index (χ1v) is 13.4. The standard InChI is InChI=1S/C29H30F3N7/c30-29(31,32)27-36-28(39(37-27)26-17-24(18-33-19-26)34-22-6-2-1-3-7-22)35-23-11-8-20-9-12-25(13-10-21(20)16-23)38-14-4-5-15-38/h1-3,6-8,11,16-19,25,34H,4-5,9-10,12-15H2,(H,35,36,37). The number of alkyl halides is 3. The van der Waals surface area contributed by atoms with E-state index in [1.54, 1.807) is 12.3 Å². The zero-order chi connectivity index (χ0) is 26.8. The Morgan fingerprint density at radius 2 is 1.56 bits per heavy atom. The second-order valence-corrected chi connectivity index (χ2v) is 10.2. The molecule has 0 saturated carbocycles. The van der Waals surface area contributed by atoms with Gasteiger partial charge in [-0.05, 0) is 93.1 Å². The number of anilines is 4. The highest BCUT2D eigenvalue weighted by atomic mass is 19.4. The molecule has 0 radical (unpaired) electrons. The Hall–Kier alpha value is -3.92. The van der Waals surface area contributed by atoms with Crippen LogP contribution in [0.15, 0.2) is 67.0 Å². The summed E-state index contributed by atoms with van der Waals surface area (Å²) in [4.78, 5) is 10.7. The van der Waals surface area contributed by atoms with Gasteiger partial charge < -0.3 is 15.5 Å². The van der Waals surface area contributed by atoms with E-state index in [2.05, 4.69) is 36.7 Å². The summed E-state index contributed by atoms with van der Waals surface area (Å²) in [5, 5.41) is 10.1. The van der Waals surface area contributed by atoms with Crippen molar-refractivity contribution in [1.82, 2.24) is 24.6 Å². The van der Waals surface area contributed by atoms with Gasteiger partial charge in [-0.2, -0.15) is 22.8 Å². The first-order chi connectivity index (χ1) is 18.9. The molecule has 0 bridgehead atoms. The molecule has 0 amide bonds. The maximum atomic E-state index is 13.6. The number of para-hydroxylation sites is 1. The maximum Gasteiger partial charge on any atom is 0.453 e. The predicted octanol–water partition coefficient (Wildman–Crippen LogP) is 6.51. The topological polar surface area (TPSA) is 70.9 Å². The van der Waals surface area contributed by atoms with Gasteiger partial charge in [0.15, 0.2) is 0 Å². The number of fused-ring (bicyclic) bond motifs is 1. The van der Waals surface area contributed by atoms with Crippen LogP contribution in [-0.4, -0.2) is 43.8 Å². The lowest BCUT2D eigenvalue weighted by atomic mass is 10.0. The zero-order valence-corrected chi connectivity index (χ0v) is 21.5. The largest absolute Gasteiger partial charge is 0.453 e. The summed E-state index contributed by atoms with van der Waals surface area (Å²) < 4.78 is 42.1. The second kappa shape index (κ2) is 10.7. The average Bonchev–Trinajstić information content (AvgIpc) is 3.57. The van der Waals surface area contributed by atoms with E-state index in [0.29, 0.717) is 23.1 Å². The molecule has 2 aromatic heterocycles. The molecule has 2 N–H and O–H groups in total. The van der Waals surface area contributed by atoms with Crippen LogP contribution in [0.3, 0.4) is 0 Å². The Labute approximate surface area is 225 Å². The fourth-order valence-corrected chi connectivity index (χ4v) is 5.56. The number of aryl methyl sites for hydroxylation is 2. The molecule has 2 aromatic carbocycles. The third-order valence-corrected chi connectivity index (χ3v) is 7.50. The lowest BCUT2D eigenvalue weighted by molar-refractivity contribution is -0.144. The molecule has 1 aliphatic heterocycles. The number of hydrogen-bond donors (Lipinski definition) is 2. The van der Waals surface area contributed by atoms with Crippen LogP contribution in [0.1, 0.15) is 42.6 Å². The lowest BCUT2D eigenvalue weighted by Crippen LogP contribution is -2.32. The Balaban J connectivity index is 1.27. The Kier molecular flexibility index (Phi) is 6.95. The minimum atomic E-state index is -4.69. The van der Waals surface area contributed by atoms with Crippen LogP contribution in [0.4, 0.5) is 36.2 Å². The Bertz CT molecular complexity index is 1430. The van der Waals surface area contributed by atoms with Gasteiger partial charge in [0.2, 0.25) is 5.95 Å². The molecule has 3 heterocycles. The first kappa shape index (κ1) is 25.4. The van der Waals surface area contributed by atoms with Crippen LogP contribution in [-0.2, 0) is 19.0 Å². The Morgan fingerprint density at radius 3 is 2.33 bits per heavy atom. The minimum absolute atomic E-state index is 0.0236.